The molecule has 0 spiro atoms. The van der Waals surface area contributed by atoms with Crippen molar-refractivity contribution >= 4 is 29.9 Å². The molecule has 1 fully saturated rings. The topological polar surface area (TPSA) is 76.4 Å². The van der Waals surface area contributed by atoms with Crippen LogP contribution < -0.4 is 10.6 Å². The molecule has 0 bridgehead atoms. The Hall–Kier alpha value is -1.68. The lowest BCUT2D eigenvalue weighted by atomic mass is 10.1. The molecule has 2 aromatic rings. The molecule has 1 aliphatic heterocycles. The van der Waals surface area contributed by atoms with Gasteiger partial charge in [0.05, 0.1) is 6.61 Å². The van der Waals surface area contributed by atoms with Gasteiger partial charge in [-0.15, -0.1) is 24.0 Å². The fraction of sp³-hybridized carbons (Fsp3) is 0.471. The van der Waals surface area contributed by atoms with Gasteiger partial charge in [-0.25, -0.2) is 9.97 Å². The van der Waals surface area contributed by atoms with Crippen molar-refractivity contribution in [1.29, 1.82) is 0 Å². The van der Waals surface area contributed by atoms with Crippen molar-refractivity contribution < 1.29 is 4.74 Å². The van der Waals surface area contributed by atoms with Gasteiger partial charge in [-0.05, 0) is 19.4 Å². The summed E-state index contributed by atoms with van der Waals surface area (Å²) in [6.07, 6.45) is 6.61. The van der Waals surface area contributed by atoms with Crippen LogP contribution in [0.5, 0.6) is 0 Å². The van der Waals surface area contributed by atoms with Gasteiger partial charge in [-0.3, -0.25) is 9.56 Å². The summed E-state index contributed by atoms with van der Waals surface area (Å²) in [5.74, 6) is 3.16. The van der Waals surface area contributed by atoms with Gasteiger partial charge in [0.25, 0.3) is 0 Å². The fourth-order valence-corrected chi connectivity index (χ4v) is 2.77. The maximum absolute atomic E-state index is 5.40. The Bertz CT molecular complexity index is 696. The molecule has 0 saturated carbocycles. The van der Waals surface area contributed by atoms with E-state index >= 15 is 0 Å². The maximum Gasteiger partial charge on any atom is 0.191 e. The molecule has 7 nitrogen and oxygen atoms in total. The van der Waals surface area contributed by atoms with Crippen LogP contribution in [-0.4, -0.2) is 47.3 Å². The lowest BCUT2D eigenvalue weighted by Crippen LogP contribution is -2.39. The number of hydrogen-bond acceptors (Lipinski definition) is 4. The first-order chi connectivity index (χ1) is 11.8. The van der Waals surface area contributed by atoms with Gasteiger partial charge in [0.1, 0.15) is 11.6 Å². The molecule has 1 atom stereocenters. The summed E-state index contributed by atoms with van der Waals surface area (Å²) in [5, 5.41) is 6.72. The number of halogens is 1. The molecule has 1 aliphatic rings. The Morgan fingerprint density at radius 1 is 1.36 bits per heavy atom. The Balaban J connectivity index is 0.00000225. The molecule has 3 heterocycles. The largest absolute Gasteiger partial charge is 0.381 e. The van der Waals surface area contributed by atoms with E-state index in [9.17, 15) is 0 Å². The summed E-state index contributed by atoms with van der Waals surface area (Å²) in [4.78, 5) is 13.1. The molecule has 25 heavy (non-hydrogen) atoms. The number of nitrogens with one attached hydrogen (secondary N) is 2. The Kier molecular flexibility index (Phi) is 7.63. The number of nitrogens with zero attached hydrogens (tertiary/aromatic N) is 4. The van der Waals surface area contributed by atoms with Gasteiger partial charge in [-0.2, -0.15) is 0 Å². The first kappa shape index (κ1) is 19.6. The minimum absolute atomic E-state index is 0. The zero-order chi connectivity index (χ0) is 16.8. The summed E-state index contributed by atoms with van der Waals surface area (Å²) in [6, 6.07) is 4.01. The Labute approximate surface area is 165 Å². The van der Waals surface area contributed by atoms with Gasteiger partial charge < -0.3 is 15.4 Å². The molecule has 1 saturated heterocycles. The monoisotopic (exact) mass is 456 g/mol. The number of imidazole rings is 1. The van der Waals surface area contributed by atoms with Crippen LogP contribution in [0.4, 0.5) is 0 Å². The van der Waals surface area contributed by atoms with Crippen LogP contribution in [0.25, 0.3) is 5.82 Å². The highest BCUT2D eigenvalue weighted by Crippen LogP contribution is 2.13. The van der Waals surface area contributed by atoms with Crippen molar-refractivity contribution in [3.8, 4) is 5.82 Å². The summed E-state index contributed by atoms with van der Waals surface area (Å²) in [7, 11) is 1.78. The smallest absolute Gasteiger partial charge is 0.191 e. The fourth-order valence-electron chi connectivity index (χ4n) is 2.77. The van der Waals surface area contributed by atoms with Crippen LogP contribution in [0, 0.1) is 12.8 Å². The highest BCUT2D eigenvalue weighted by Gasteiger charge is 2.16. The number of guanidine groups is 1. The van der Waals surface area contributed by atoms with E-state index in [0.717, 1.165) is 49.3 Å². The second-order valence-corrected chi connectivity index (χ2v) is 5.87. The first-order valence-electron chi connectivity index (χ1n) is 8.24. The van der Waals surface area contributed by atoms with Crippen LogP contribution in [-0.2, 0) is 11.3 Å². The molecule has 1 unspecified atom stereocenters. The van der Waals surface area contributed by atoms with E-state index in [0.29, 0.717) is 12.5 Å². The van der Waals surface area contributed by atoms with Crippen LogP contribution in [0.2, 0.25) is 0 Å². The quantitative estimate of drug-likeness (QED) is 0.409. The summed E-state index contributed by atoms with van der Waals surface area (Å²) in [6.45, 7) is 5.18. The van der Waals surface area contributed by atoms with E-state index in [4.69, 9.17) is 4.74 Å². The summed E-state index contributed by atoms with van der Waals surface area (Å²) in [5.41, 5.74) is 1.09. The van der Waals surface area contributed by atoms with Crippen molar-refractivity contribution in [3.05, 3.63) is 42.1 Å². The number of rotatable bonds is 5. The van der Waals surface area contributed by atoms with Crippen LogP contribution in [0.15, 0.2) is 35.7 Å². The minimum Gasteiger partial charge on any atom is -0.381 e. The molecule has 0 aromatic carbocycles. The molecule has 8 heteroatoms. The number of aromatic nitrogens is 3. The van der Waals surface area contributed by atoms with E-state index in [2.05, 4.69) is 31.7 Å². The van der Waals surface area contributed by atoms with Crippen molar-refractivity contribution in [2.24, 2.45) is 10.9 Å². The van der Waals surface area contributed by atoms with E-state index in [1.165, 1.54) is 0 Å². The van der Waals surface area contributed by atoms with Gasteiger partial charge >= 0.3 is 0 Å². The predicted octanol–water partition coefficient (Wildman–Crippen LogP) is 1.90. The van der Waals surface area contributed by atoms with Crippen LogP contribution in [0.1, 0.15) is 17.8 Å². The predicted molar refractivity (Wildman–Crippen MR) is 109 cm³/mol. The van der Waals surface area contributed by atoms with E-state index in [1.807, 2.05) is 23.8 Å². The summed E-state index contributed by atoms with van der Waals surface area (Å²) < 4.78 is 7.39. The first-order valence-corrected chi connectivity index (χ1v) is 8.24. The average molecular weight is 456 g/mol. The van der Waals surface area contributed by atoms with Gasteiger partial charge in [0.2, 0.25) is 0 Å². The van der Waals surface area contributed by atoms with E-state index in [1.54, 1.807) is 19.4 Å². The van der Waals surface area contributed by atoms with E-state index < -0.39 is 0 Å². The molecule has 2 N–H and O–H groups in total. The Morgan fingerprint density at radius 2 is 2.24 bits per heavy atom. The summed E-state index contributed by atoms with van der Waals surface area (Å²) >= 11 is 0. The molecule has 0 radical (unpaired) electrons. The molecule has 3 rings (SSSR count). The maximum atomic E-state index is 5.40. The van der Waals surface area contributed by atoms with Crippen molar-refractivity contribution in [3.63, 3.8) is 0 Å². The Morgan fingerprint density at radius 3 is 2.92 bits per heavy atom. The second-order valence-electron chi connectivity index (χ2n) is 5.87. The molecular weight excluding hydrogens is 431 g/mol. The van der Waals surface area contributed by atoms with Crippen molar-refractivity contribution in [2.45, 2.75) is 19.9 Å². The van der Waals surface area contributed by atoms with E-state index in [-0.39, 0.29) is 24.0 Å². The number of hydrogen-bond donors (Lipinski definition) is 2. The third kappa shape index (κ3) is 5.15. The molecule has 0 amide bonds. The number of aliphatic imine (C=N–C) groups is 1. The minimum atomic E-state index is 0. The van der Waals surface area contributed by atoms with Crippen molar-refractivity contribution in [2.75, 3.05) is 26.8 Å². The highest BCUT2D eigenvalue weighted by molar-refractivity contribution is 14.0. The average Bonchev–Trinajstić information content (AvgIpc) is 3.27. The zero-order valence-corrected chi connectivity index (χ0v) is 16.9. The highest BCUT2D eigenvalue weighted by atomic mass is 127. The third-order valence-corrected chi connectivity index (χ3v) is 4.17. The normalized spacial score (nSPS) is 17.2. The molecule has 2 aromatic heterocycles. The van der Waals surface area contributed by atoms with Gasteiger partial charge in [0, 0.05) is 56.8 Å². The lowest BCUT2D eigenvalue weighted by molar-refractivity contribution is 0.186. The standard InChI is InChI=1S/C17H24N6O.HI/c1-13-19-7-8-23(13)16-15(4-3-6-20-16)11-22-17(18-2)21-10-14-5-9-24-12-14;/h3-4,6-8,14H,5,9-12H2,1-2H3,(H2,18,21,22);1H. The molecule has 136 valence electrons. The third-order valence-electron chi connectivity index (χ3n) is 4.17. The lowest BCUT2D eigenvalue weighted by Gasteiger charge is -2.16. The van der Waals surface area contributed by atoms with Crippen LogP contribution in [0.3, 0.4) is 0 Å². The van der Waals surface area contributed by atoms with Gasteiger partial charge in [-0.1, -0.05) is 6.07 Å². The van der Waals surface area contributed by atoms with Crippen molar-refractivity contribution in [1.82, 2.24) is 25.2 Å². The number of ether oxygens (including phenoxy) is 1. The van der Waals surface area contributed by atoms with Crippen LogP contribution >= 0.6 is 24.0 Å². The molecular formula is C17H25IN6O. The SMILES string of the molecule is CN=C(NCc1cccnc1-n1ccnc1C)NCC1CCOC1.I. The zero-order valence-electron chi connectivity index (χ0n) is 14.6. The number of aryl methyl sites for hydroxylation is 1. The molecule has 0 aliphatic carbocycles. The second kappa shape index (κ2) is 9.71. The number of pyridine rings is 1. The van der Waals surface area contributed by atoms with Gasteiger partial charge in [0.15, 0.2) is 5.96 Å².